The summed E-state index contributed by atoms with van der Waals surface area (Å²) in [5.41, 5.74) is 0.751. The maximum absolute atomic E-state index is 15.2. The molecule has 2 aromatic carbocycles. The summed E-state index contributed by atoms with van der Waals surface area (Å²) < 4.78 is 113. The number of pyridine rings is 1. The van der Waals surface area contributed by atoms with Gasteiger partial charge in [-0.1, -0.05) is 12.1 Å². The van der Waals surface area contributed by atoms with Gasteiger partial charge in [0, 0.05) is 68.8 Å². The first kappa shape index (κ1) is 36.8. The summed E-state index contributed by atoms with van der Waals surface area (Å²) in [7, 11) is -7.35. The summed E-state index contributed by atoms with van der Waals surface area (Å²) in [4.78, 5) is 17.2. The van der Waals surface area contributed by atoms with Crippen LogP contribution in [-0.4, -0.2) is 87.4 Å². The molecule has 5 rings (SSSR count). The molecule has 2 aliphatic heterocycles. The summed E-state index contributed by atoms with van der Waals surface area (Å²) in [5, 5.41) is 5.84. The van der Waals surface area contributed by atoms with Crippen molar-refractivity contribution >= 4 is 31.8 Å². The first-order valence-electron chi connectivity index (χ1n) is 15.8. The summed E-state index contributed by atoms with van der Waals surface area (Å²) in [6.45, 7) is 1.19. The molecule has 0 aliphatic carbocycles. The third kappa shape index (κ3) is 9.61. The lowest BCUT2D eigenvalue weighted by Crippen LogP contribution is -2.59. The number of piperidine rings is 1. The Balaban J connectivity index is 1.29. The van der Waals surface area contributed by atoms with Crippen molar-refractivity contribution in [1.29, 1.82) is 0 Å². The van der Waals surface area contributed by atoms with Crippen LogP contribution < -0.4 is 15.4 Å². The summed E-state index contributed by atoms with van der Waals surface area (Å²) >= 11 is 0. The second-order valence-corrected chi connectivity index (χ2v) is 15.9. The number of hydrogen-bond acceptors (Lipinski definition) is 7. The van der Waals surface area contributed by atoms with Crippen LogP contribution in [0.3, 0.4) is 0 Å². The van der Waals surface area contributed by atoms with Crippen LogP contribution in [0.1, 0.15) is 48.3 Å². The van der Waals surface area contributed by atoms with Crippen LogP contribution in [-0.2, 0) is 31.4 Å². The Morgan fingerprint density at radius 3 is 2.27 bits per heavy atom. The number of carbonyl (C=O) groups is 1. The average Bonchev–Trinajstić information content (AvgIpc) is 3.03. The van der Waals surface area contributed by atoms with Gasteiger partial charge in [-0.2, -0.15) is 17.0 Å². The van der Waals surface area contributed by atoms with E-state index in [9.17, 15) is 34.8 Å². The molecule has 0 radical (unpaired) electrons. The van der Waals surface area contributed by atoms with Gasteiger partial charge in [0.2, 0.25) is 15.9 Å². The molecule has 266 valence electrons. The molecule has 3 heterocycles. The zero-order valence-electron chi connectivity index (χ0n) is 26.7. The summed E-state index contributed by atoms with van der Waals surface area (Å²) in [6.07, 6.45) is 3.89. The fourth-order valence-electron chi connectivity index (χ4n) is 6.37. The Bertz CT molecular complexity index is 1840. The highest BCUT2D eigenvalue weighted by Crippen LogP contribution is 2.31. The van der Waals surface area contributed by atoms with Gasteiger partial charge in [0.1, 0.15) is 23.3 Å². The molecule has 0 saturated carbocycles. The largest absolute Gasteiger partial charge is 0.324 e. The Morgan fingerprint density at radius 2 is 1.61 bits per heavy atom. The van der Waals surface area contributed by atoms with Crippen molar-refractivity contribution in [3.63, 3.8) is 0 Å². The van der Waals surface area contributed by atoms with E-state index in [-0.39, 0.29) is 61.8 Å². The normalized spacial score (nSPS) is 19.1. The van der Waals surface area contributed by atoms with Gasteiger partial charge >= 0.3 is 0 Å². The maximum Gasteiger partial charge on any atom is 0.282 e. The summed E-state index contributed by atoms with van der Waals surface area (Å²) in [6, 6.07) is 7.15. The monoisotopic (exact) mass is 726 g/mol. The lowest BCUT2D eigenvalue weighted by atomic mass is 9.88. The molecular weight excluding hydrogens is 689 g/mol. The fourth-order valence-corrected chi connectivity index (χ4v) is 9.06. The minimum absolute atomic E-state index is 0.0409. The number of rotatable bonds is 12. The number of amides is 1. The van der Waals surface area contributed by atoms with E-state index in [0.717, 1.165) is 24.6 Å². The molecule has 49 heavy (non-hydrogen) atoms. The molecule has 2 aliphatic rings. The van der Waals surface area contributed by atoms with E-state index in [1.165, 1.54) is 39.1 Å². The van der Waals surface area contributed by atoms with Gasteiger partial charge in [0.15, 0.2) is 0 Å². The van der Waals surface area contributed by atoms with Crippen LogP contribution in [0.4, 0.5) is 23.2 Å². The number of nitrogens with zero attached hydrogens (tertiary/aromatic N) is 3. The van der Waals surface area contributed by atoms with Crippen molar-refractivity contribution in [2.24, 2.45) is 0 Å². The van der Waals surface area contributed by atoms with Gasteiger partial charge in [0.05, 0.1) is 24.3 Å². The molecule has 2 saturated heterocycles. The predicted molar refractivity (Wildman–Crippen MR) is 175 cm³/mol. The second-order valence-electron chi connectivity index (χ2n) is 12.3. The third-order valence-electron chi connectivity index (χ3n) is 8.71. The van der Waals surface area contributed by atoms with Crippen LogP contribution in [0.5, 0.6) is 0 Å². The smallest absolute Gasteiger partial charge is 0.282 e. The number of nitrogens with one attached hydrogen (secondary N) is 3. The third-order valence-corrected chi connectivity index (χ3v) is 11.6. The first-order chi connectivity index (χ1) is 23.2. The highest BCUT2D eigenvalue weighted by Gasteiger charge is 2.38. The molecule has 2 atom stereocenters. The molecule has 0 bridgehead atoms. The molecule has 3 N–H and O–H groups in total. The zero-order valence-corrected chi connectivity index (χ0v) is 28.3. The molecule has 2 fully saturated rings. The predicted octanol–water partition coefficient (Wildman–Crippen LogP) is 3.26. The fraction of sp³-hybridized carbons (Fsp3) is 0.438. The second kappa shape index (κ2) is 15.6. The molecular formula is C32H38F4N6O5S2. The summed E-state index contributed by atoms with van der Waals surface area (Å²) in [5.74, 6) is -4.42. The number of sulfonamides is 1. The van der Waals surface area contributed by atoms with E-state index in [1.54, 1.807) is 0 Å². The molecule has 3 aromatic rings. The molecule has 0 spiro atoms. The van der Waals surface area contributed by atoms with Crippen molar-refractivity contribution in [2.75, 3.05) is 44.3 Å². The topological polar surface area (TPSA) is 141 Å². The molecule has 1 amide bonds. The lowest BCUT2D eigenvalue weighted by molar-refractivity contribution is -0.116. The Kier molecular flexibility index (Phi) is 11.7. The molecule has 17 heteroatoms. The standard InChI is InChI=1S/C32H38F4N6O5S2/c1-48(44,45)40-26-8-11-41(12-9-26)49(46,47)42-13-10-37-18-27(42)6-7-28-30(36)19-38-20-31(28)39-32(43)17-29(21-2-4-23(33)5-3-21)22-14-24(34)16-25(35)15-22/h2-5,14-16,19-20,26-27,29,37,40H,6-13,17-18H2,1H3,(H,39,43)/t27-,29-/m0/s1. The minimum atomic E-state index is -3.92. The highest BCUT2D eigenvalue weighted by molar-refractivity contribution is 7.88. The van der Waals surface area contributed by atoms with Crippen LogP contribution in [0, 0.1) is 23.3 Å². The van der Waals surface area contributed by atoms with Crippen LogP contribution in [0.25, 0.3) is 0 Å². The van der Waals surface area contributed by atoms with E-state index < -0.39 is 61.4 Å². The minimum Gasteiger partial charge on any atom is -0.324 e. The lowest BCUT2D eigenvalue weighted by Gasteiger charge is -2.40. The van der Waals surface area contributed by atoms with Crippen molar-refractivity contribution in [3.8, 4) is 0 Å². The van der Waals surface area contributed by atoms with E-state index in [4.69, 9.17) is 0 Å². The van der Waals surface area contributed by atoms with Crippen LogP contribution in [0.15, 0.2) is 54.9 Å². The zero-order chi connectivity index (χ0) is 35.3. The Labute approximate surface area is 283 Å². The first-order valence-corrected chi connectivity index (χ1v) is 19.1. The molecule has 0 unspecified atom stereocenters. The Morgan fingerprint density at radius 1 is 0.939 bits per heavy atom. The Hall–Kier alpha value is -3.48. The SMILES string of the molecule is CS(=O)(=O)NC1CCN(S(=O)(=O)N2CCNC[C@@H]2CCc2c(F)cncc2NC(=O)C[C@@H](c2ccc(F)cc2)c2cc(F)cc(F)c2)CC1. The number of hydrogen-bond donors (Lipinski definition) is 3. The van der Waals surface area contributed by atoms with E-state index >= 15 is 4.39 Å². The molecule has 1 aromatic heterocycles. The maximum atomic E-state index is 15.2. The van der Waals surface area contributed by atoms with E-state index in [1.807, 2.05) is 0 Å². The average molecular weight is 727 g/mol. The number of benzene rings is 2. The van der Waals surface area contributed by atoms with Crippen molar-refractivity contribution in [1.82, 2.24) is 23.6 Å². The van der Waals surface area contributed by atoms with Crippen LogP contribution >= 0.6 is 0 Å². The van der Waals surface area contributed by atoms with Gasteiger partial charge in [-0.25, -0.2) is 30.7 Å². The highest BCUT2D eigenvalue weighted by atomic mass is 32.2. The quantitative estimate of drug-likeness (QED) is 0.244. The van der Waals surface area contributed by atoms with E-state index in [2.05, 4.69) is 20.3 Å². The number of halogens is 4. The van der Waals surface area contributed by atoms with Crippen molar-refractivity contribution in [3.05, 3.63) is 94.8 Å². The van der Waals surface area contributed by atoms with Crippen molar-refractivity contribution < 1.29 is 39.2 Å². The number of anilines is 1. The van der Waals surface area contributed by atoms with Gasteiger partial charge in [-0.05, 0) is 61.1 Å². The molecule has 11 nitrogen and oxygen atoms in total. The number of carbonyl (C=O) groups excluding carboxylic acids is 1. The van der Waals surface area contributed by atoms with Crippen LogP contribution in [0.2, 0.25) is 0 Å². The van der Waals surface area contributed by atoms with Crippen molar-refractivity contribution in [2.45, 2.75) is 50.1 Å². The van der Waals surface area contributed by atoms with Gasteiger partial charge in [0.25, 0.3) is 10.2 Å². The van der Waals surface area contributed by atoms with Gasteiger partial charge < -0.3 is 10.6 Å². The van der Waals surface area contributed by atoms with Gasteiger partial charge in [-0.15, -0.1) is 0 Å². The van der Waals surface area contributed by atoms with E-state index in [0.29, 0.717) is 37.6 Å². The number of aromatic nitrogens is 1. The van der Waals surface area contributed by atoms with Gasteiger partial charge in [-0.3, -0.25) is 9.78 Å². The number of piperazine rings is 1.